The molecule has 0 saturated carbocycles. The number of ether oxygens (including phenoxy) is 1. The lowest BCUT2D eigenvalue weighted by molar-refractivity contribution is -0.136. The van der Waals surface area contributed by atoms with E-state index < -0.39 is 5.41 Å². The highest BCUT2D eigenvalue weighted by atomic mass is 35.5. The Morgan fingerprint density at radius 2 is 2.19 bits per heavy atom. The van der Waals surface area contributed by atoms with Crippen LogP contribution in [0.2, 0.25) is 5.02 Å². The number of carbonyl (C=O) groups excluding carboxylic acids is 1. The predicted octanol–water partition coefficient (Wildman–Crippen LogP) is 2.14. The summed E-state index contributed by atoms with van der Waals surface area (Å²) in [5.74, 6) is 0.0443. The molecule has 1 fully saturated rings. The number of carbonyl (C=O) groups is 1. The number of nitrogens with one attached hydrogen (secondary N) is 1. The highest BCUT2D eigenvalue weighted by Crippen LogP contribution is 2.29. The molecule has 1 aliphatic heterocycles. The average molecular weight is 311 g/mol. The first-order chi connectivity index (χ1) is 10.1. The van der Waals surface area contributed by atoms with Crippen LogP contribution in [0, 0.1) is 5.41 Å². The van der Waals surface area contributed by atoms with Crippen LogP contribution in [-0.4, -0.2) is 31.7 Å². The average Bonchev–Trinajstić information content (AvgIpc) is 2.47. The summed E-state index contributed by atoms with van der Waals surface area (Å²) in [6.45, 7) is 3.58. The summed E-state index contributed by atoms with van der Waals surface area (Å²) < 4.78 is 5.34. The molecule has 1 amide bonds. The number of rotatable bonds is 5. The third-order valence-corrected chi connectivity index (χ3v) is 4.37. The van der Waals surface area contributed by atoms with Gasteiger partial charge < -0.3 is 15.8 Å². The highest BCUT2D eigenvalue weighted by Gasteiger charge is 2.39. The van der Waals surface area contributed by atoms with Crippen LogP contribution >= 0.6 is 11.6 Å². The summed E-state index contributed by atoms with van der Waals surface area (Å²) in [4.78, 5) is 12.5. The van der Waals surface area contributed by atoms with Crippen LogP contribution in [0.4, 0.5) is 0 Å². The van der Waals surface area contributed by atoms with Crippen molar-refractivity contribution in [3.63, 3.8) is 0 Å². The van der Waals surface area contributed by atoms with Crippen molar-refractivity contribution in [1.29, 1.82) is 0 Å². The van der Waals surface area contributed by atoms with Gasteiger partial charge in [0.2, 0.25) is 5.91 Å². The van der Waals surface area contributed by atoms with Gasteiger partial charge in [-0.15, -0.1) is 0 Å². The Bertz CT molecular complexity index is 487. The lowest BCUT2D eigenvalue weighted by Gasteiger charge is -2.35. The molecule has 5 heteroatoms. The monoisotopic (exact) mass is 310 g/mol. The van der Waals surface area contributed by atoms with Crippen molar-refractivity contribution in [3.8, 4) is 0 Å². The molecule has 1 aliphatic rings. The number of benzene rings is 1. The fourth-order valence-electron chi connectivity index (χ4n) is 2.73. The minimum absolute atomic E-state index is 0.0437. The fourth-order valence-corrected chi connectivity index (χ4v) is 2.94. The van der Waals surface area contributed by atoms with Gasteiger partial charge in [-0.1, -0.05) is 23.7 Å². The molecule has 1 aromatic rings. The molecule has 1 atom stereocenters. The van der Waals surface area contributed by atoms with Gasteiger partial charge in [0.05, 0.1) is 5.41 Å². The van der Waals surface area contributed by atoms with Crippen LogP contribution in [-0.2, 0) is 16.0 Å². The molecule has 1 heterocycles. The number of hydrogen-bond acceptors (Lipinski definition) is 3. The first-order valence-electron chi connectivity index (χ1n) is 7.39. The zero-order chi connectivity index (χ0) is 15.3. The van der Waals surface area contributed by atoms with Crippen LogP contribution in [0.15, 0.2) is 24.3 Å². The van der Waals surface area contributed by atoms with Crippen molar-refractivity contribution in [2.24, 2.45) is 11.1 Å². The Balaban J connectivity index is 1.95. The fraction of sp³-hybridized carbons (Fsp3) is 0.562. The second-order valence-corrected chi connectivity index (χ2v) is 6.24. The van der Waals surface area contributed by atoms with E-state index in [1.807, 2.05) is 31.2 Å². The van der Waals surface area contributed by atoms with Gasteiger partial charge >= 0.3 is 0 Å². The standard InChI is InChI=1S/C16H23ClN2O2/c1-12(9-13-3-2-4-14(17)10-13)19-15(20)16(11-18)5-7-21-8-6-16/h2-4,10,12H,5-9,11,18H2,1H3,(H,19,20). The maximum Gasteiger partial charge on any atom is 0.227 e. The Labute approximate surface area is 131 Å². The minimum atomic E-state index is -0.471. The summed E-state index contributed by atoms with van der Waals surface area (Å²) in [7, 11) is 0. The van der Waals surface area contributed by atoms with E-state index in [4.69, 9.17) is 22.1 Å². The van der Waals surface area contributed by atoms with Crippen molar-refractivity contribution in [3.05, 3.63) is 34.9 Å². The molecule has 0 spiro atoms. The molecule has 3 N–H and O–H groups in total. The molecule has 21 heavy (non-hydrogen) atoms. The van der Waals surface area contributed by atoms with Gasteiger partial charge in [0.15, 0.2) is 0 Å². The molecule has 0 bridgehead atoms. The van der Waals surface area contributed by atoms with Crippen molar-refractivity contribution in [2.45, 2.75) is 32.2 Å². The van der Waals surface area contributed by atoms with E-state index in [2.05, 4.69) is 5.32 Å². The van der Waals surface area contributed by atoms with Gasteiger partial charge in [-0.25, -0.2) is 0 Å². The molecule has 0 radical (unpaired) electrons. The Kier molecular flexibility index (Phi) is 5.62. The maximum atomic E-state index is 12.5. The Hall–Kier alpha value is -1.10. The number of nitrogens with two attached hydrogens (primary N) is 1. The minimum Gasteiger partial charge on any atom is -0.381 e. The van der Waals surface area contributed by atoms with Gasteiger partial charge in [0.25, 0.3) is 0 Å². The molecule has 1 aromatic carbocycles. The Morgan fingerprint density at radius 1 is 1.48 bits per heavy atom. The smallest absolute Gasteiger partial charge is 0.227 e. The lowest BCUT2D eigenvalue weighted by Crippen LogP contribution is -2.51. The van der Waals surface area contributed by atoms with Gasteiger partial charge in [-0.2, -0.15) is 0 Å². The summed E-state index contributed by atoms with van der Waals surface area (Å²) in [6.07, 6.45) is 2.14. The molecule has 2 rings (SSSR count). The molecule has 1 unspecified atom stereocenters. The molecule has 116 valence electrons. The second kappa shape index (κ2) is 7.25. The molecular formula is C16H23ClN2O2. The van der Waals surface area contributed by atoms with Crippen LogP contribution in [0.25, 0.3) is 0 Å². The predicted molar refractivity (Wildman–Crippen MR) is 84.3 cm³/mol. The SMILES string of the molecule is CC(Cc1cccc(Cl)c1)NC(=O)C1(CN)CCOCC1. The second-order valence-electron chi connectivity index (χ2n) is 5.81. The number of amides is 1. The van der Waals surface area contributed by atoms with Gasteiger partial charge in [-0.3, -0.25) is 4.79 Å². The van der Waals surface area contributed by atoms with Crippen LogP contribution in [0.5, 0.6) is 0 Å². The first kappa shape index (κ1) is 16.3. The van der Waals surface area contributed by atoms with E-state index in [1.165, 1.54) is 0 Å². The van der Waals surface area contributed by atoms with Crippen molar-refractivity contribution in [1.82, 2.24) is 5.32 Å². The van der Waals surface area contributed by atoms with Crippen molar-refractivity contribution in [2.75, 3.05) is 19.8 Å². The summed E-state index contributed by atoms with van der Waals surface area (Å²) in [5.41, 5.74) is 6.50. The third kappa shape index (κ3) is 4.19. The van der Waals surface area contributed by atoms with Crippen LogP contribution in [0.3, 0.4) is 0 Å². The summed E-state index contributed by atoms with van der Waals surface area (Å²) >= 11 is 5.98. The van der Waals surface area contributed by atoms with E-state index in [9.17, 15) is 4.79 Å². The Morgan fingerprint density at radius 3 is 2.81 bits per heavy atom. The molecule has 1 saturated heterocycles. The van der Waals surface area contributed by atoms with Gasteiger partial charge in [0.1, 0.15) is 0 Å². The third-order valence-electron chi connectivity index (χ3n) is 4.13. The van der Waals surface area contributed by atoms with Crippen LogP contribution in [0.1, 0.15) is 25.3 Å². The van der Waals surface area contributed by atoms with Crippen molar-refractivity contribution >= 4 is 17.5 Å². The number of hydrogen-bond donors (Lipinski definition) is 2. The zero-order valence-electron chi connectivity index (χ0n) is 12.4. The van der Waals surface area contributed by atoms with Gasteiger partial charge in [-0.05, 0) is 43.9 Å². The zero-order valence-corrected chi connectivity index (χ0v) is 13.2. The van der Waals surface area contributed by atoms with E-state index >= 15 is 0 Å². The number of halogens is 1. The summed E-state index contributed by atoms with van der Waals surface area (Å²) in [6, 6.07) is 7.76. The highest BCUT2D eigenvalue weighted by molar-refractivity contribution is 6.30. The molecular weight excluding hydrogens is 288 g/mol. The van der Waals surface area contributed by atoms with E-state index in [0.717, 1.165) is 12.0 Å². The van der Waals surface area contributed by atoms with Crippen LogP contribution < -0.4 is 11.1 Å². The largest absolute Gasteiger partial charge is 0.381 e. The van der Waals surface area contributed by atoms with Crippen molar-refractivity contribution < 1.29 is 9.53 Å². The van der Waals surface area contributed by atoms with E-state index in [1.54, 1.807) is 0 Å². The molecule has 0 aliphatic carbocycles. The summed E-state index contributed by atoms with van der Waals surface area (Å²) in [5, 5.41) is 3.81. The lowest BCUT2D eigenvalue weighted by atomic mass is 9.79. The first-order valence-corrected chi connectivity index (χ1v) is 7.77. The van der Waals surface area contributed by atoms with Gasteiger partial charge in [0, 0.05) is 30.8 Å². The normalized spacial score (nSPS) is 19.0. The molecule has 4 nitrogen and oxygen atoms in total. The van der Waals surface area contributed by atoms with E-state index in [0.29, 0.717) is 37.6 Å². The quantitative estimate of drug-likeness (QED) is 0.876. The molecule has 0 aromatic heterocycles. The van der Waals surface area contributed by atoms with E-state index in [-0.39, 0.29) is 11.9 Å². The topological polar surface area (TPSA) is 64.4 Å². The maximum absolute atomic E-state index is 12.5.